The molecular formula is C15H23NO. The van der Waals surface area contributed by atoms with Gasteiger partial charge in [-0.1, -0.05) is 12.1 Å². The van der Waals surface area contributed by atoms with Crippen LogP contribution in [-0.4, -0.2) is 19.2 Å². The van der Waals surface area contributed by atoms with Gasteiger partial charge in [0.15, 0.2) is 0 Å². The SMILES string of the molecule is CC(C)Oc1ccc([C@@H]2CCCNCC2)cc1. The van der Waals surface area contributed by atoms with E-state index in [1.54, 1.807) is 0 Å². The molecule has 0 saturated carbocycles. The van der Waals surface area contributed by atoms with Crippen molar-refractivity contribution in [3.8, 4) is 5.75 Å². The van der Waals surface area contributed by atoms with Gasteiger partial charge in [0, 0.05) is 0 Å². The molecule has 1 fully saturated rings. The molecule has 1 N–H and O–H groups in total. The Balaban J connectivity index is 2.00. The first-order chi connectivity index (χ1) is 8.25. The first-order valence-electron chi connectivity index (χ1n) is 6.73. The average Bonchev–Trinajstić information content (AvgIpc) is 2.58. The second-order valence-corrected chi connectivity index (χ2v) is 5.11. The predicted molar refractivity (Wildman–Crippen MR) is 71.7 cm³/mol. The highest BCUT2D eigenvalue weighted by Crippen LogP contribution is 2.27. The van der Waals surface area contributed by atoms with Crippen LogP contribution in [0.2, 0.25) is 0 Å². The Hall–Kier alpha value is -1.02. The first-order valence-corrected chi connectivity index (χ1v) is 6.73. The summed E-state index contributed by atoms with van der Waals surface area (Å²) in [7, 11) is 0. The van der Waals surface area contributed by atoms with Crippen LogP contribution in [0.25, 0.3) is 0 Å². The zero-order valence-electron chi connectivity index (χ0n) is 10.9. The Kier molecular flexibility index (Phi) is 4.43. The highest BCUT2D eigenvalue weighted by atomic mass is 16.5. The zero-order valence-corrected chi connectivity index (χ0v) is 10.9. The Morgan fingerprint density at radius 3 is 2.59 bits per heavy atom. The van der Waals surface area contributed by atoms with Crippen molar-refractivity contribution in [2.24, 2.45) is 0 Å². The second kappa shape index (κ2) is 6.06. The summed E-state index contributed by atoms with van der Waals surface area (Å²) in [4.78, 5) is 0. The Morgan fingerprint density at radius 1 is 1.12 bits per heavy atom. The normalized spacial score (nSPS) is 21.2. The van der Waals surface area contributed by atoms with Gasteiger partial charge in [-0.15, -0.1) is 0 Å². The summed E-state index contributed by atoms with van der Waals surface area (Å²) >= 11 is 0. The van der Waals surface area contributed by atoms with Gasteiger partial charge in [0.1, 0.15) is 5.75 Å². The predicted octanol–water partition coefficient (Wildman–Crippen LogP) is 3.33. The van der Waals surface area contributed by atoms with Crippen LogP contribution in [0, 0.1) is 0 Å². The molecule has 0 unspecified atom stereocenters. The molecule has 0 bridgehead atoms. The molecule has 1 aromatic rings. The van der Waals surface area contributed by atoms with E-state index in [1.165, 1.54) is 31.4 Å². The number of hydrogen-bond donors (Lipinski definition) is 1. The van der Waals surface area contributed by atoms with Gasteiger partial charge < -0.3 is 10.1 Å². The maximum atomic E-state index is 5.67. The molecule has 0 amide bonds. The summed E-state index contributed by atoms with van der Waals surface area (Å²) in [6, 6.07) is 8.67. The van der Waals surface area contributed by atoms with E-state index in [4.69, 9.17) is 4.74 Å². The number of ether oxygens (including phenoxy) is 1. The highest BCUT2D eigenvalue weighted by Gasteiger charge is 2.13. The number of rotatable bonds is 3. The summed E-state index contributed by atoms with van der Waals surface area (Å²) in [5.41, 5.74) is 1.46. The number of nitrogens with one attached hydrogen (secondary N) is 1. The van der Waals surface area contributed by atoms with Gasteiger partial charge in [0.05, 0.1) is 6.10 Å². The van der Waals surface area contributed by atoms with Crippen molar-refractivity contribution in [1.29, 1.82) is 0 Å². The van der Waals surface area contributed by atoms with E-state index in [9.17, 15) is 0 Å². The lowest BCUT2D eigenvalue weighted by molar-refractivity contribution is 0.242. The third-order valence-electron chi connectivity index (χ3n) is 3.30. The van der Waals surface area contributed by atoms with Crippen LogP contribution < -0.4 is 10.1 Å². The molecule has 1 aromatic carbocycles. The van der Waals surface area contributed by atoms with Crippen LogP contribution in [0.3, 0.4) is 0 Å². The van der Waals surface area contributed by atoms with Crippen LogP contribution in [0.5, 0.6) is 5.75 Å². The lowest BCUT2D eigenvalue weighted by atomic mass is 9.92. The van der Waals surface area contributed by atoms with Crippen LogP contribution in [0.4, 0.5) is 0 Å². The van der Waals surface area contributed by atoms with Crippen molar-refractivity contribution in [3.05, 3.63) is 29.8 Å². The van der Waals surface area contributed by atoms with Gasteiger partial charge in [-0.3, -0.25) is 0 Å². The summed E-state index contributed by atoms with van der Waals surface area (Å²) in [5, 5.41) is 3.46. The van der Waals surface area contributed by atoms with Crippen molar-refractivity contribution in [2.45, 2.75) is 45.1 Å². The van der Waals surface area contributed by atoms with E-state index in [0.29, 0.717) is 0 Å². The van der Waals surface area contributed by atoms with Crippen molar-refractivity contribution in [2.75, 3.05) is 13.1 Å². The van der Waals surface area contributed by atoms with Gasteiger partial charge >= 0.3 is 0 Å². The smallest absolute Gasteiger partial charge is 0.119 e. The zero-order chi connectivity index (χ0) is 12.1. The lowest BCUT2D eigenvalue weighted by Crippen LogP contribution is -2.13. The molecule has 2 rings (SSSR count). The fourth-order valence-corrected chi connectivity index (χ4v) is 2.44. The molecule has 0 spiro atoms. The summed E-state index contributed by atoms with van der Waals surface area (Å²) < 4.78 is 5.67. The third kappa shape index (κ3) is 3.74. The number of hydrogen-bond acceptors (Lipinski definition) is 2. The molecule has 1 aliphatic heterocycles. The molecule has 0 radical (unpaired) electrons. The van der Waals surface area contributed by atoms with Gasteiger partial charge in [-0.25, -0.2) is 0 Å². The van der Waals surface area contributed by atoms with E-state index in [1.807, 2.05) is 0 Å². The Morgan fingerprint density at radius 2 is 1.88 bits per heavy atom. The van der Waals surface area contributed by atoms with Crippen molar-refractivity contribution in [3.63, 3.8) is 0 Å². The maximum Gasteiger partial charge on any atom is 0.119 e. The standard InChI is InChI=1S/C15H23NO/c1-12(2)17-15-7-5-14(6-8-15)13-4-3-10-16-11-9-13/h5-8,12-13,16H,3-4,9-11H2,1-2H3/t13-/m1/s1. The summed E-state index contributed by atoms with van der Waals surface area (Å²) in [6.07, 6.45) is 4.10. The fraction of sp³-hybridized carbons (Fsp3) is 0.600. The molecular weight excluding hydrogens is 210 g/mol. The molecule has 2 heteroatoms. The minimum atomic E-state index is 0.253. The molecule has 1 saturated heterocycles. The molecule has 0 aromatic heterocycles. The highest BCUT2D eigenvalue weighted by molar-refractivity contribution is 5.29. The Bertz CT molecular complexity index is 323. The topological polar surface area (TPSA) is 21.3 Å². The van der Waals surface area contributed by atoms with Gasteiger partial charge in [0.25, 0.3) is 0 Å². The lowest BCUT2D eigenvalue weighted by Gasteiger charge is -2.15. The molecule has 1 aliphatic rings. The fourth-order valence-electron chi connectivity index (χ4n) is 2.44. The largest absolute Gasteiger partial charge is 0.491 e. The van der Waals surface area contributed by atoms with E-state index in [2.05, 4.69) is 43.4 Å². The van der Waals surface area contributed by atoms with E-state index in [0.717, 1.165) is 18.2 Å². The number of benzene rings is 1. The maximum absolute atomic E-state index is 5.67. The van der Waals surface area contributed by atoms with Crippen molar-refractivity contribution < 1.29 is 4.74 Å². The molecule has 1 heterocycles. The van der Waals surface area contributed by atoms with E-state index < -0.39 is 0 Å². The first kappa shape index (κ1) is 12.4. The molecule has 2 nitrogen and oxygen atoms in total. The van der Waals surface area contributed by atoms with E-state index in [-0.39, 0.29) is 6.10 Å². The molecule has 94 valence electrons. The Labute approximate surface area is 104 Å². The van der Waals surface area contributed by atoms with Crippen LogP contribution in [0.15, 0.2) is 24.3 Å². The minimum absolute atomic E-state index is 0.253. The molecule has 17 heavy (non-hydrogen) atoms. The monoisotopic (exact) mass is 233 g/mol. The van der Waals surface area contributed by atoms with Crippen molar-refractivity contribution >= 4 is 0 Å². The summed E-state index contributed by atoms with van der Waals surface area (Å²) in [5.74, 6) is 1.70. The van der Waals surface area contributed by atoms with Crippen LogP contribution in [-0.2, 0) is 0 Å². The van der Waals surface area contributed by atoms with E-state index >= 15 is 0 Å². The molecule has 1 atom stereocenters. The second-order valence-electron chi connectivity index (χ2n) is 5.11. The third-order valence-corrected chi connectivity index (χ3v) is 3.30. The van der Waals surface area contributed by atoms with Gasteiger partial charge in [0.2, 0.25) is 0 Å². The minimum Gasteiger partial charge on any atom is -0.491 e. The van der Waals surface area contributed by atoms with Gasteiger partial charge in [-0.05, 0) is 69.8 Å². The van der Waals surface area contributed by atoms with Gasteiger partial charge in [-0.2, -0.15) is 0 Å². The average molecular weight is 233 g/mol. The van der Waals surface area contributed by atoms with Crippen molar-refractivity contribution in [1.82, 2.24) is 5.32 Å². The van der Waals surface area contributed by atoms with Crippen LogP contribution in [0.1, 0.15) is 44.6 Å². The molecule has 0 aliphatic carbocycles. The quantitative estimate of drug-likeness (QED) is 0.864. The van der Waals surface area contributed by atoms with Crippen LogP contribution >= 0.6 is 0 Å². The summed E-state index contributed by atoms with van der Waals surface area (Å²) in [6.45, 7) is 6.44.